The fourth-order valence-electron chi connectivity index (χ4n) is 3.35. The predicted octanol–water partition coefficient (Wildman–Crippen LogP) is 5.24. The molecule has 0 aromatic heterocycles. The van der Waals surface area contributed by atoms with Crippen LogP contribution in [-0.2, 0) is 4.79 Å². The van der Waals surface area contributed by atoms with Crippen molar-refractivity contribution in [2.45, 2.75) is 33.2 Å². The molecule has 0 saturated heterocycles. The van der Waals surface area contributed by atoms with Gasteiger partial charge in [0.15, 0.2) is 0 Å². The van der Waals surface area contributed by atoms with Gasteiger partial charge in [0, 0.05) is 11.6 Å². The van der Waals surface area contributed by atoms with Crippen molar-refractivity contribution in [3.8, 4) is 0 Å². The largest absolute Gasteiger partial charge is 0.299 e. The van der Waals surface area contributed by atoms with E-state index in [0.717, 1.165) is 22.4 Å². The molecule has 0 radical (unpaired) electrons. The van der Waals surface area contributed by atoms with Crippen LogP contribution in [0.4, 0.5) is 5.69 Å². The van der Waals surface area contributed by atoms with Gasteiger partial charge in [-0.05, 0) is 56.5 Å². The van der Waals surface area contributed by atoms with Crippen molar-refractivity contribution in [3.05, 3.63) is 77.4 Å². The number of hydrogen-bond donors (Lipinski definition) is 0. The maximum Gasteiger partial charge on any atom is 0.251 e. The summed E-state index contributed by atoms with van der Waals surface area (Å²) >= 11 is 0. The van der Waals surface area contributed by atoms with Crippen molar-refractivity contribution in [1.29, 1.82) is 0 Å². The van der Waals surface area contributed by atoms with Gasteiger partial charge < -0.3 is 0 Å². The highest BCUT2D eigenvalue weighted by Crippen LogP contribution is 2.39. The van der Waals surface area contributed by atoms with Gasteiger partial charge >= 0.3 is 0 Å². The van der Waals surface area contributed by atoms with E-state index in [-0.39, 0.29) is 11.4 Å². The van der Waals surface area contributed by atoms with Gasteiger partial charge in [0.05, 0.1) is 11.2 Å². The number of aryl methyl sites for hydroxylation is 1. The van der Waals surface area contributed by atoms with E-state index in [2.05, 4.69) is 52.0 Å². The summed E-state index contributed by atoms with van der Waals surface area (Å²) in [4.78, 5) is 14.9. The van der Waals surface area contributed by atoms with Gasteiger partial charge in [0.25, 0.3) is 5.91 Å². The van der Waals surface area contributed by atoms with Crippen LogP contribution in [0.5, 0.6) is 0 Å². The maximum absolute atomic E-state index is 13.0. The molecule has 0 unspecified atom stereocenters. The minimum Gasteiger partial charge on any atom is -0.299 e. The summed E-state index contributed by atoms with van der Waals surface area (Å²) in [6, 6.07) is 16.2. The minimum absolute atomic E-state index is 0.000506. The summed E-state index contributed by atoms with van der Waals surface area (Å²) in [6.45, 7) is 8.33. The molecule has 1 heterocycles. The maximum atomic E-state index is 13.0. The highest BCUT2D eigenvalue weighted by Gasteiger charge is 2.34. The second kappa shape index (κ2) is 6.12. The third-order valence-electron chi connectivity index (χ3n) is 4.40. The number of anilines is 1. The summed E-state index contributed by atoms with van der Waals surface area (Å²) in [5, 5.41) is 0. The SMILES string of the molecule is CC1=CC(C)(C)N(C(=O)/C=C/c2ccccc2)c2cc(C)ccc21. The van der Waals surface area contributed by atoms with Crippen LogP contribution in [0.25, 0.3) is 11.6 Å². The van der Waals surface area contributed by atoms with Crippen LogP contribution < -0.4 is 4.90 Å². The molecule has 122 valence electrons. The molecule has 2 aromatic rings. The summed E-state index contributed by atoms with van der Waals surface area (Å²) in [6.07, 6.45) is 5.70. The number of rotatable bonds is 2. The van der Waals surface area contributed by atoms with Gasteiger partial charge in [-0.2, -0.15) is 0 Å². The number of fused-ring (bicyclic) bond motifs is 1. The fourth-order valence-corrected chi connectivity index (χ4v) is 3.35. The first-order chi connectivity index (χ1) is 11.4. The van der Waals surface area contributed by atoms with E-state index < -0.39 is 0 Å². The molecule has 0 saturated carbocycles. The third kappa shape index (κ3) is 3.05. The van der Waals surface area contributed by atoms with E-state index >= 15 is 0 Å². The van der Waals surface area contributed by atoms with Gasteiger partial charge in [0.2, 0.25) is 0 Å². The second-order valence-corrected chi connectivity index (χ2v) is 6.92. The number of carbonyl (C=O) groups is 1. The molecule has 0 N–H and O–H groups in total. The van der Waals surface area contributed by atoms with Crippen LogP contribution in [0.1, 0.15) is 37.5 Å². The molecule has 2 heteroatoms. The van der Waals surface area contributed by atoms with E-state index in [9.17, 15) is 4.79 Å². The number of carbonyl (C=O) groups excluding carboxylic acids is 1. The molecule has 0 atom stereocenters. The van der Waals surface area contributed by atoms with Crippen LogP contribution in [0.2, 0.25) is 0 Å². The molecule has 0 bridgehead atoms. The Morgan fingerprint density at radius 2 is 1.75 bits per heavy atom. The summed E-state index contributed by atoms with van der Waals surface area (Å²) < 4.78 is 0. The predicted molar refractivity (Wildman–Crippen MR) is 102 cm³/mol. The van der Waals surface area contributed by atoms with Crippen molar-refractivity contribution < 1.29 is 4.79 Å². The zero-order chi connectivity index (χ0) is 17.3. The minimum atomic E-state index is -0.358. The highest BCUT2D eigenvalue weighted by molar-refractivity contribution is 6.08. The van der Waals surface area contributed by atoms with E-state index in [1.807, 2.05) is 41.3 Å². The Morgan fingerprint density at radius 1 is 1.04 bits per heavy atom. The van der Waals surface area contributed by atoms with Crippen molar-refractivity contribution in [2.24, 2.45) is 0 Å². The van der Waals surface area contributed by atoms with Crippen LogP contribution in [-0.4, -0.2) is 11.4 Å². The monoisotopic (exact) mass is 317 g/mol. The first kappa shape index (κ1) is 16.3. The first-order valence-electron chi connectivity index (χ1n) is 8.26. The number of amides is 1. The van der Waals surface area contributed by atoms with E-state index in [4.69, 9.17) is 0 Å². The van der Waals surface area contributed by atoms with Crippen molar-refractivity contribution in [3.63, 3.8) is 0 Å². The molecule has 0 aliphatic carbocycles. The topological polar surface area (TPSA) is 20.3 Å². The number of benzene rings is 2. The molecule has 0 spiro atoms. The molecular weight excluding hydrogens is 294 g/mol. The zero-order valence-electron chi connectivity index (χ0n) is 14.7. The van der Waals surface area contributed by atoms with Gasteiger partial charge in [-0.3, -0.25) is 9.69 Å². The molecule has 1 aliphatic heterocycles. The Bertz CT molecular complexity index is 828. The van der Waals surface area contributed by atoms with Crippen LogP contribution >= 0.6 is 0 Å². The molecule has 2 nitrogen and oxygen atoms in total. The average molecular weight is 317 g/mol. The molecule has 1 amide bonds. The summed E-state index contributed by atoms with van der Waals surface area (Å²) in [7, 11) is 0. The third-order valence-corrected chi connectivity index (χ3v) is 4.40. The molecular formula is C22H23NO. The second-order valence-electron chi connectivity index (χ2n) is 6.92. The van der Waals surface area contributed by atoms with E-state index in [0.29, 0.717) is 0 Å². The summed E-state index contributed by atoms with van der Waals surface area (Å²) in [5.41, 5.74) is 5.15. The average Bonchev–Trinajstić information content (AvgIpc) is 2.52. The Balaban J connectivity index is 2.01. The lowest BCUT2D eigenvalue weighted by Crippen LogP contribution is -2.48. The standard InChI is InChI=1S/C22H23NO/c1-16-10-12-19-17(2)15-22(3,4)23(20(19)14-16)21(24)13-11-18-8-6-5-7-9-18/h5-15H,1-4H3/b13-11+. The van der Waals surface area contributed by atoms with E-state index in [1.165, 1.54) is 5.57 Å². The lowest BCUT2D eigenvalue weighted by Gasteiger charge is -2.41. The first-order valence-corrected chi connectivity index (χ1v) is 8.26. The Labute approximate surface area is 144 Å². The number of allylic oxidation sites excluding steroid dienone is 1. The van der Waals surface area contributed by atoms with Gasteiger partial charge in [0.1, 0.15) is 0 Å². The molecule has 1 aliphatic rings. The van der Waals surface area contributed by atoms with Crippen LogP contribution in [0, 0.1) is 6.92 Å². The molecule has 2 aromatic carbocycles. The molecule has 24 heavy (non-hydrogen) atoms. The van der Waals surface area contributed by atoms with Gasteiger partial charge in [-0.25, -0.2) is 0 Å². The van der Waals surface area contributed by atoms with Gasteiger partial charge in [-0.15, -0.1) is 0 Å². The van der Waals surface area contributed by atoms with Crippen molar-refractivity contribution >= 4 is 23.2 Å². The normalized spacial score (nSPS) is 16.0. The quantitative estimate of drug-likeness (QED) is 0.694. The van der Waals surface area contributed by atoms with Crippen molar-refractivity contribution in [2.75, 3.05) is 4.90 Å². The Kier molecular flexibility index (Phi) is 4.15. The molecule has 0 fully saturated rings. The summed E-state index contributed by atoms with van der Waals surface area (Å²) in [5.74, 6) is -0.000506. The Morgan fingerprint density at radius 3 is 2.46 bits per heavy atom. The number of hydrogen-bond acceptors (Lipinski definition) is 1. The lowest BCUT2D eigenvalue weighted by molar-refractivity contribution is -0.114. The lowest BCUT2D eigenvalue weighted by atomic mass is 9.88. The highest BCUT2D eigenvalue weighted by atomic mass is 16.2. The smallest absolute Gasteiger partial charge is 0.251 e. The van der Waals surface area contributed by atoms with Crippen LogP contribution in [0.15, 0.2) is 60.7 Å². The van der Waals surface area contributed by atoms with Gasteiger partial charge in [-0.1, -0.05) is 48.5 Å². The van der Waals surface area contributed by atoms with Crippen molar-refractivity contribution in [1.82, 2.24) is 0 Å². The number of nitrogens with zero attached hydrogens (tertiary/aromatic N) is 1. The Hall–Kier alpha value is -2.61. The fraction of sp³-hybridized carbons (Fsp3) is 0.227. The zero-order valence-corrected chi connectivity index (χ0v) is 14.7. The molecule has 3 rings (SSSR count). The van der Waals surface area contributed by atoms with Crippen LogP contribution in [0.3, 0.4) is 0 Å². The van der Waals surface area contributed by atoms with E-state index in [1.54, 1.807) is 6.08 Å².